The summed E-state index contributed by atoms with van der Waals surface area (Å²) >= 11 is 6.56. The van der Waals surface area contributed by atoms with Crippen LogP contribution in [0.25, 0.3) is 0 Å². The Morgan fingerprint density at radius 3 is 1.41 bits per heavy atom. The Bertz CT molecular complexity index is 844. The van der Waals surface area contributed by atoms with E-state index >= 15 is 0 Å². The van der Waals surface area contributed by atoms with Gasteiger partial charge in [0.2, 0.25) is 0 Å². The molecule has 1 unspecified atom stereocenters. The summed E-state index contributed by atoms with van der Waals surface area (Å²) in [6.07, 6.45) is -2.03. The maximum atomic E-state index is 6.56. The van der Waals surface area contributed by atoms with Crippen molar-refractivity contribution in [2.24, 2.45) is 0 Å². The van der Waals surface area contributed by atoms with Crippen molar-refractivity contribution in [3.63, 3.8) is 0 Å². The molecule has 3 heteroatoms. The number of nitrogens with zero attached hydrogens (tertiary/aromatic N) is 1. The zero-order valence-electron chi connectivity index (χ0n) is 16.4. The molecule has 0 aliphatic heterocycles. The summed E-state index contributed by atoms with van der Waals surface area (Å²) in [6.45, 7) is 8.61. The maximum absolute atomic E-state index is 6.56. The van der Waals surface area contributed by atoms with Gasteiger partial charge in [-0.3, -0.25) is 4.67 Å². The van der Waals surface area contributed by atoms with Gasteiger partial charge in [-0.2, -0.15) is 0 Å². The van der Waals surface area contributed by atoms with E-state index in [9.17, 15) is 0 Å². The van der Waals surface area contributed by atoms with Gasteiger partial charge in [-0.25, -0.2) is 0 Å². The van der Waals surface area contributed by atoms with Crippen LogP contribution in [0.2, 0.25) is 0 Å². The minimum Gasteiger partial charge on any atom is -0.262 e. The highest BCUT2D eigenvalue weighted by Gasteiger charge is 2.38. The lowest BCUT2D eigenvalue weighted by molar-refractivity contribution is 0.435. The second-order valence-corrected chi connectivity index (χ2v) is 13.0. The fourth-order valence-electron chi connectivity index (χ4n) is 3.45. The molecule has 140 valence electrons. The molecule has 0 aliphatic rings. The third-order valence-corrected chi connectivity index (χ3v) is 11.7. The van der Waals surface area contributed by atoms with Gasteiger partial charge in [0.1, 0.15) is 0 Å². The first kappa shape index (κ1) is 20.0. The quantitative estimate of drug-likeness (QED) is 0.458. The Labute approximate surface area is 169 Å². The Balaban J connectivity index is 2.09. The lowest BCUT2D eigenvalue weighted by Crippen LogP contribution is -2.35. The molecule has 0 spiro atoms. The van der Waals surface area contributed by atoms with Crippen LogP contribution in [0.1, 0.15) is 31.9 Å². The van der Waals surface area contributed by atoms with Crippen molar-refractivity contribution in [3.05, 3.63) is 102 Å². The number of benzene rings is 3. The molecule has 0 amide bonds. The smallest absolute Gasteiger partial charge is 0.0486 e. The molecule has 0 heterocycles. The standard InChI is InChI=1S/C24H28NPS/c1-24(2,3)26(27,23-17-11-6-12-18-23)25(19-21-13-7-4-8-14-21)20-22-15-9-5-10-16-22/h4-18H,19-20H2,1-3H3. The van der Waals surface area contributed by atoms with Gasteiger partial charge in [0.25, 0.3) is 0 Å². The number of hydrogen-bond donors (Lipinski definition) is 0. The van der Waals surface area contributed by atoms with Crippen molar-refractivity contribution in [1.29, 1.82) is 0 Å². The monoisotopic (exact) mass is 393 g/mol. The largest absolute Gasteiger partial charge is 0.262 e. The molecule has 3 rings (SSSR count). The Morgan fingerprint density at radius 2 is 1.04 bits per heavy atom. The Hall–Kier alpha value is -1.73. The van der Waals surface area contributed by atoms with Crippen LogP contribution in [0, 0.1) is 0 Å². The van der Waals surface area contributed by atoms with E-state index in [0.29, 0.717) is 0 Å². The minimum atomic E-state index is -2.03. The molecule has 0 aliphatic carbocycles. The summed E-state index contributed by atoms with van der Waals surface area (Å²) in [7, 11) is 0. The summed E-state index contributed by atoms with van der Waals surface area (Å²) in [6, 6.07) is 32.1. The molecule has 0 saturated carbocycles. The maximum Gasteiger partial charge on any atom is 0.0486 e. The highest BCUT2D eigenvalue weighted by atomic mass is 32.4. The van der Waals surface area contributed by atoms with E-state index in [4.69, 9.17) is 11.8 Å². The molecule has 0 saturated heterocycles. The number of rotatable bonds is 6. The van der Waals surface area contributed by atoms with E-state index in [1.165, 1.54) is 16.4 Å². The molecule has 0 N–H and O–H groups in total. The Morgan fingerprint density at radius 1 is 0.667 bits per heavy atom. The lowest BCUT2D eigenvalue weighted by Gasteiger charge is -2.44. The molecule has 0 fully saturated rings. The molecule has 0 aromatic heterocycles. The van der Waals surface area contributed by atoms with Gasteiger partial charge in [0.15, 0.2) is 0 Å². The molecule has 0 bridgehead atoms. The van der Waals surface area contributed by atoms with Crippen molar-refractivity contribution in [2.75, 3.05) is 0 Å². The van der Waals surface area contributed by atoms with Gasteiger partial charge in [0, 0.05) is 24.4 Å². The first-order valence-electron chi connectivity index (χ1n) is 9.40. The predicted octanol–water partition coefficient (Wildman–Crippen LogP) is 6.21. The third kappa shape index (κ3) is 4.58. The summed E-state index contributed by atoms with van der Waals surface area (Å²) < 4.78 is 2.56. The zero-order valence-corrected chi connectivity index (χ0v) is 18.1. The zero-order chi connectivity index (χ0) is 19.3. The third-order valence-electron chi connectivity index (χ3n) is 4.83. The summed E-state index contributed by atoms with van der Waals surface area (Å²) in [5, 5.41) is 1.28. The highest BCUT2D eigenvalue weighted by molar-refractivity contribution is 8.17. The molecular weight excluding hydrogens is 365 g/mol. The van der Waals surface area contributed by atoms with Crippen LogP contribution in [0.3, 0.4) is 0 Å². The summed E-state index contributed by atoms with van der Waals surface area (Å²) in [4.78, 5) is 0. The van der Waals surface area contributed by atoms with Crippen LogP contribution < -0.4 is 5.30 Å². The van der Waals surface area contributed by atoms with Crippen LogP contribution in [0.4, 0.5) is 0 Å². The fraction of sp³-hybridized carbons (Fsp3) is 0.250. The molecule has 3 aromatic rings. The lowest BCUT2D eigenvalue weighted by atomic mass is 10.2. The van der Waals surface area contributed by atoms with Crippen LogP contribution in [-0.4, -0.2) is 9.83 Å². The van der Waals surface area contributed by atoms with Crippen LogP contribution in [0.5, 0.6) is 0 Å². The van der Waals surface area contributed by atoms with Gasteiger partial charge in [-0.1, -0.05) is 124 Å². The van der Waals surface area contributed by atoms with Crippen LogP contribution in [-0.2, 0) is 24.9 Å². The molecule has 1 nitrogen and oxygen atoms in total. The molecular formula is C24H28NPS. The minimum absolute atomic E-state index is 0.00670. The predicted molar refractivity (Wildman–Crippen MR) is 122 cm³/mol. The normalized spacial score (nSPS) is 14.1. The topological polar surface area (TPSA) is 3.24 Å². The highest BCUT2D eigenvalue weighted by Crippen LogP contribution is 2.60. The number of hydrogen-bond acceptors (Lipinski definition) is 1. The van der Waals surface area contributed by atoms with Gasteiger partial charge in [-0.05, 0) is 16.4 Å². The Kier molecular flexibility index (Phi) is 6.32. The second kappa shape index (κ2) is 8.52. The van der Waals surface area contributed by atoms with Gasteiger partial charge < -0.3 is 0 Å². The van der Waals surface area contributed by atoms with Crippen molar-refractivity contribution in [3.8, 4) is 0 Å². The van der Waals surface area contributed by atoms with Crippen LogP contribution >= 0.6 is 6.19 Å². The molecule has 0 radical (unpaired) electrons. The molecule has 27 heavy (non-hydrogen) atoms. The van der Waals surface area contributed by atoms with Crippen molar-refractivity contribution < 1.29 is 0 Å². The second-order valence-electron chi connectivity index (χ2n) is 7.88. The van der Waals surface area contributed by atoms with Crippen molar-refractivity contribution in [1.82, 2.24) is 4.67 Å². The van der Waals surface area contributed by atoms with E-state index in [-0.39, 0.29) is 5.16 Å². The molecule has 1 atom stereocenters. The fourth-order valence-corrected chi connectivity index (χ4v) is 7.41. The SMILES string of the molecule is CC(C)(C)P(=S)(c1ccccc1)N(Cc1ccccc1)Cc1ccccc1. The van der Waals surface area contributed by atoms with Gasteiger partial charge in [0.05, 0.1) is 0 Å². The van der Waals surface area contributed by atoms with E-state index in [0.717, 1.165) is 13.1 Å². The summed E-state index contributed by atoms with van der Waals surface area (Å²) in [5.74, 6) is 0. The average Bonchev–Trinajstić information content (AvgIpc) is 2.68. The van der Waals surface area contributed by atoms with E-state index in [1.807, 2.05) is 0 Å². The average molecular weight is 394 g/mol. The van der Waals surface area contributed by atoms with Crippen LogP contribution in [0.15, 0.2) is 91.0 Å². The first-order valence-corrected chi connectivity index (χ1v) is 12.2. The van der Waals surface area contributed by atoms with E-state index < -0.39 is 6.19 Å². The van der Waals surface area contributed by atoms with E-state index in [2.05, 4.69) is 116 Å². The van der Waals surface area contributed by atoms with Gasteiger partial charge >= 0.3 is 0 Å². The van der Waals surface area contributed by atoms with E-state index in [1.54, 1.807) is 0 Å². The van der Waals surface area contributed by atoms with Crippen molar-refractivity contribution in [2.45, 2.75) is 39.0 Å². The summed E-state index contributed by atoms with van der Waals surface area (Å²) in [5.41, 5.74) is 2.62. The van der Waals surface area contributed by atoms with Gasteiger partial charge in [-0.15, -0.1) is 0 Å². The molecule has 3 aromatic carbocycles. The van der Waals surface area contributed by atoms with Crippen molar-refractivity contribution >= 4 is 23.3 Å². The first-order chi connectivity index (χ1) is 12.9.